The fourth-order valence-corrected chi connectivity index (χ4v) is 2.88. The summed E-state index contributed by atoms with van der Waals surface area (Å²) in [5, 5.41) is 16.8. The fraction of sp³-hybridized carbons (Fsp3) is 0.375. The Labute approximate surface area is 150 Å². The topological polar surface area (TPSA) is 101 Å². The van der Waals surface area contributed by atoms with Crippen molar-refractivity contribution in [2.75, 3.05) is 10.6 Å². The number of anilines is 2. The first-order valence-corrected chi connectivity index (χ1v) is 8.72. The molecule has 9 heteroatoms. The van der Waals surface area contributed by atoms with E-state index < -0.39 is 0 Å². The molecule has 0 aliphatic heterocycles. The number of nitrogens with zero attached hydrogens (tertiary/aromatic N) is 6. The summed E-state index contributed by atoms with van der Waals surface area (Å²) in [7, 11) is 0. The van der Waals surface area contributed by atoms with Gasteiger partial charge in [0.05, 0.1) is 35.9 Å². The minimum absolute atomic E-state index is 0.569. The lowest BCUT2D eigenvalue weighted by atomic mass is 10.4. The van der Waals surface area contributed by atoms with Gasteiger partial charge in [-0.15, -0.1) is 10.2 Å². The number of aryl methyl sites for hydroxylation is 4. The molecule has 3 aromatic rings. The lowest BCUT2D eigenvalue weighted by Gasteiger charge is -2.06. The summed E-state index contributed by atoms with van der Waals surface area (Å²) in [6, 6.07) is 0. The SMILES string of the molecule is Cc1cnc(C)c(NCc2nnc(CNc3nc(C)cnc3C)s2)n1. The van der Waals surface area contributed by atoms with E-state index in [4.69, 9.17) is 0 Å². The first kappa shape index (κ1) is 17.2. The molecule has 25 heavy (non-hydrogen) atoms. The monoisotopic (exact) mass is 356 g/mol. The molecule has 3 heterocycles. The van der Waals surface area contributed by atoms with Crippen LogP contribution in [0.1, 0.15) is 32.8 Å². The summed E-state index contributed by atoms with van der Waals surface area (Å²) in [5.74, 6) is 1.56. The lowest BCUT2D eigenvalue weighted by Crippen LogP contribution is -2.05. The molecule has 0 atom stereocenters. The zero-order valence-electron chi connectivity index (χ0n) is 14.7. The van der Waals surface area contributed by atoms with Gasteiger partial charge in [0.2, 0.25) is 0 Å². The Hall–Kier alpha value is -2.68. The number of nitrogens with one attached hydrogen (secondary N) is 2. The summed E-state index contributed by atoms with van der Waals surface area (Å²) in [6.45, 7) is 8.83. The summed E-state index contributed by atoms with van der Waals surface area (Å²) >= 11 is 1.55. The Bertz CT molecular complexity index is 806. The Kier molecular flexibility index (Phi) is 5.13. The highest BCUT2D eigenvalue weighted by atomic mass is 32.1. The first-order chi connectivity index (χ1) is 12.0. The highest BCUT2D eigenvalue weighted by Crippen LogP contribution is 2.16. The van der Waals surface area contributed by atoms with Crippen LogP contribution in [0.5, 0.6) is 0 Å². The van der Waals surface area contributed by atoms with Gasteiger partial charge in [-0.2, -0.15) is 0 Å². The van der Waals surface area contributed by atoms with E-state index in [2.05, 4.69) is 40.8 Å². The summed E-state index contributed by atoms with van der Waals surface area (Å²) < 4.78 is 0. The molecule has 0 fully saturated rings. The van der Waals surface area contributed by atoms with E-state index in [9.17, 15) is 0 Å². The lowest BCUT2D eigenvalue weighted by molar-refractivity contribution is 0.927. The van der Waals surface area contributed by atoms with E-state index in [1.807, 2.05) is 27.7 Å². The van der Waals surface area contributed by atoms with Crippen molar-refractivity contribution in [3.05, 3.63) is 45.2 Å². The van der Waals surface area contributed by atoms with Crippen LogP contribution in [0.3, 0.4) is 0 Å². The molecule has 2 N–H and O–H groups in total. The number of aromatic nitrogens is 6. The zero-order valence-corrected chi connectivity index (χ0v) is 15.5. The van der Waals surface area contributed by atoms with Gasteiger partial charge in [-0.1, -0.05) is 11.3 Å². The van der Waals surface area contributed by atoms with Gasteiger partial charge in [0, 0.05) is 12.4 Å². The molecule has 3 rings (SSSR count). The van der Waals surface area contributed by atoms with Crippen LogP contribution >= 0.6 is 11.3 Å². The van der Waals surface area contributed by atoms with E-state index >= 15 is 0 Å². The van der Waals surface area contributed by atoms with Crippen molar-refractivity contribution in [1.82, 2.24) is 30.1 Å². The minimum Gasteiger partial charge on any atom is -0.362 e. The molecule has 0 aromatic carbocycles. The third kappa shape index (κ3) is 4.44. The van der Waals surface area contributed by atoms with Gasteiger partial charge in [-0.05, 0) is 27.7 Å². The molecule has 0 spiro atoms. The quantitative estimate of drug-likeness (QED) is 0.695. The highest BCUT2D eigenvalue weighted by molar-refractivity contribution is 7.11. The van der Waals surface area contributed by atoms with Gasteiger partial charge in [-0.3, -0.25) is 9.97 Å². The first-order valence-electron chi connectivity index (χ1n) is 7.91. The van der Waals surface area contributed by atoms with Crippen molar-refractivity contribution in [2.24, 2.45) is 0 Å². The number of rotatable bonds is 6. The second-order valence-electron chi connectivity index (χ2n) is 5.69. The van der Waals surface area contributed by atoms with Crippen LogP contribution in [-0.2, 0) is 13.1 Å². The van der Waals surface area contributed by atoms with E-state index in [1.165, 1.54) is 0 Å². The molecule has 0 radical (unpaired) electrons. The van der Waals surface area contributed by atoms with E-state index in [0.717, 1.165) is 44.4 Å². The Balaban J connectivity index is 1.59. The third-order valence-electron chi connectivity index (χ3n) is 3.47. The molecule has 0 amide bonds. The molecular formula is C16H20N8S. The number of hydrogen-bond donors (Lipinski definition) is 2. The van der Waals surface area contributed by atoms with Crippen molar-refractivity contribution < 1.29 is 0 Å². The van der Waals surface area contributed by atoms with E-state index in [0.29, 0.717) is 13.1 Å². The molecule has 0 bridgehead atoms. The molecule has 8 nitrogen and oxygen atoms in total. The van der Waals surface area contributed by atoms with Crippen molar-refractivity contribution in [1.29, 1.82) is 0 Å². The highest BCUT2D eigenvalue weighted by Gasteiger charge is 2.08. The standard InChI is InChI=1S/C16H20N8S/c1-9-5-17-11(3)15(21-9)19-7-13-23-24-14(25-13)8-20-16-12(4)18-6-10(2)22-16/h5-6H,7-8H2,1-4H3,(H,19,21)(H,20,22). The molecule has 0 unspecified atom stereocenters. The van der Waals surface area contributed by atoms with Crippen molar-refractivity contribution >= 4 is 23.0 Å². The van der Waals surface area contributed by atoms with Gasteiger partial charge in [-0.25, -0.2) is 9.97 Å². The summed E-state index contributed by atoms with van der Waals surface area (Å²) in [6.07, 6.45) is 3.51. The van der Waals surface area contributed by atoms with Crippen LogP contribution in [0.25, 0.3) is 0 Å². The normalized spacial score (nSPS) is 10.7. The van der Waals surface area contributed by atoms with Gasteiger partial charge in [0.1, 0.15) is 21.7 Å². The minimum atomic E-state index is 0.569. The van der Waals surface area contributed by atoms with Crippen LogP contribution in [0.2, 0.25) is 0 Å². The molecule has 0 saturated carbocycles. The maximum absolute atomic E-state index is 4.44. The summed E-state index contributed by atoms with van der Waals surface area (Å²) in [5.41, 5.74) is 3.49. The Morgan fingerprint density at radius 3 is 1.64 bits per heavy atom. The second kappa shape index (κ2) is 7.47. The Morgan fingerprint density at radius 1 is 0.760 bits per heavy atom. The average Bonchev–Trinajstić information content (AvgIpc) is 3.04. The van der Waals surface area contributed by atoms with Crippen molar-refractivity contribution in [3.8, 4) is 0 Å². The largest absolute Gasteiger partial charge is 0.362 e. The molecule has 0 aliphatic carbocycles. The third-order valence-corrected chi connectivity index (χ3v) is 4.40. The van der Waals surface area contributed by atoms with Crippen molar-refractivity contribution in [3.63, 3.8) is 0 Å². The Morgan fingerprint density at radius 2 is 1.20 bits per heavy atom. The molecule has 130 valence electrons. The van der Waals surface area contributed by atoms with Crippen LogP contribution in [0.4, 0.5) is 11.6 Å². The maximum atomic E-state index is 4.44. The van der Waals surface area contributed by atoms with Gasteiger partial charge in [0.25, 0.3) is 0 Å². The zero-order chi connectivity index (χ0) is 17.8. The van der Waals surface area contributed by atoms with Gasteiger partial charge < -0.3 is 10.6 Å². The summed E-state index contributed by atoms with van der Waals surface area (Å²) in [4.78, 5) is 17.5. The van der Waals surface area contributed by atoms with E-state index in [1.54, 1.807) is 23.7 Å². The molecular weight excluding hydrogens is 336 g/mol. The van der Waals surface area contributed by atoms with Crippen molar-refractivity contribution in [2.45, 2.75) is 40.8 Å². The fourth-order valence-electron chi connectivity index (χ4n) is 2.16. The predicted molar refractivity (Wildman–Crippen MR) is 97.6 cm³/mol. The average molecular weight is 356 g/mol. The van der Waals surface area contributed by atoms with Gasteiger partial charge >= 0.3 is 0 Å². The van der Waals surface area contributed by atoms with Crippen LogP contribution in [0.15, 0.2) is 12.4 Å². The molecule has 3 aromatic heterocycles. The predicted octanol–water partition coefficient (Wildman–Crippen LogP) is 2.58. The van der Waals surface area contributed by atoms with Crippen LogP contribution < -0.4 is 10.6 Å². The molecule has 0 saturated heterocycles. The maximum Gasteiger partial charge on any atom is 0.148 e. The second-order valence-corrected chi connectivity index (χ2v) is 6.83. The van der Waals surface area contributed by atoms with Crippen LogP contribution in [-0.4, -0.2) is 30.1 Å². The van der Waals surface area contributed by atoms with Crippen LogP contribution in [0, 0.1) is 27.7 Å². The smallest absolute Gasteiger partial charge is 0.148 e. The van der Waals surface area contributed by atoms with Gasteiger partial charge in [0.15, 0.2) is 0 Å². The van der Waals surface area contributed by atoms with E-state index in [-0.39, 0.29) is 0 Å². The molecule has 0 aliphatic rings. The number of hydrogen-bond acceptors (Lipinski definition) is 9.